The van der Waals surface area contributed by atoms with Gasteiger partial charge in [-0.15, -0.1) is 0 Å². The third kappa shape index (κ3) is 3.64. The second kappa shape index (κ2) is 7.96. The zero-order valence-corrected chi connectivity index (χ0v) is 17.9. The number of carbonyl (C=O) groups is 1. The highest BCUT2D eigenvalue weighted by Gasteiger charge is 2.28. The zero-order valence-electron chi connectivity index (χ0n) is 17.9. The molecule has 5 rings (SSSR count). The number of aromatic nitrogens is 4. The lowest BCUT2D eigenvalue weighted by molar-refractivity contribution is 0.0697. The highest BCUT2D eigenvalue weighted by Crippen LogP contribution is 2.31. The second-order valence-corrected chi connectivity index (χ2v) is 8.21. The number of imidazole rings is 1. The van der Waals surface area contributed by atoms with E-state index in [0.717, 1.165) is 17.3 Å². The fourth-order valence-corrected chi connectivity index (χ4v) is 4.38. The molecular weight excluding hydrogens is 404 g/mol. The van der Waals surface area contributed by atoms with E-state index in [9.17, 15) is 9.90 Å². The van der Waals surface area contributed by atoms with Crippen LogP contribution in [0.5, 0.6) is 0 Å². The smallest absolute Gasteiger partial charge is 0.335 e. The molecule has 1 aliphatic rings. The number of rotatable bonds is 5. The lowest BCUT2D eigenvalue weighted by atomic mass is 10.1. The average molecular weight is 428 g/mol. The second-order valence-electron chi connectivity index (χ2n) is 8.21. The van der Waals surface area contributed by atoms with E-state index in [1.165, 1.54) is 12.8 Å². The molecule has 2 N–H and O–H groups in total. The Morgan fingerprint density at radius 3 is 2.66 bits per heavy atom. The number of carboxylic acids is 1. The first-order chi connectivity index (χ1) is 15.5. The molecule has 1 saturated heterocycles. The molecule has 32 heavy (non-hydrogen) atoms. The molecular formula is C24H24N6O2. The van der Waals surface area contributed by atoms with Crippen LogP contribution in [0.2, 0.25) is 0 Å². The van der Waals surface area contributed by atoms with E-state index in [1.54, 1.807) is 35.1 Å². The minimum Gasteiger partial charge on any atom is -0.478 e. The van der Waals surface area contributed by atoms with Gasteiger partial charge in [-0.1, -0.05) is 18.2 Å². The fourth-order valence-electron chi connectivity index (χ4n) is 4.38. The molecule has 2 unspecified atom stereocenters. The number of carboxylic acid groups (broad SMARTS) is 1. The van der Waals surface area contributed by atoms with Gasteiger partial charge in [-0.2, -0.15) is 5.10 Å². The number of aromatic carboxylic acids is 1. The molecule has 8 heteroatoms. The largest absolute Gasteiger partial charge is 0.478 e. The number of pyridine rings is 1. The van der Waals surface area contributed by atoms with Crippen LogP contribution in [-0.4, -0.2) is 42.7 Å². The van der Waals surface area contributed by atoms with E-state index in [4.69, 9.17) is 4.98 Å². The van der Waals surface area contributed by atoms with Crippen LogP contribution in [0.1, 0.15) is 37.0 Å². The molecule has 2 atom stereocenters. The highest BCUT2D eigenvalue weighted by atomic mass is 16.4. The molecule has 0 bridgehead atoms. The van der Waals surface area contributed by atoms with Gasteiger partial charge in [0.1, 0.15) is 11.6 Å². The third-order valence-corrected chi connectivity index (χ3v) is 5.98. The average Bonchev–Trinajstić information content (AvgIpc) is 3.40. The van der Waals surface area contributed by atoms with Crippen LogP contribution in [-0.2, 0) is 0 Å². The Labute approximate surface area is 185 Å². The molecule has 0 spiro atoms. The van der Waals surface area contributed by atoms with Crippen molar-refractivity contribution in [1.29, 1.82) is 0 Å². The van der Waals surface area contributed by atoms with Crippen molar-refractivity contribution in [3.05, 3.63) is 66.5 Å². The van der Waals surface area contributed by atoms with Crippen molar-refractivity contribution in [2.24, 2.45) is 0 Å². The van der Waals surface area contributed by atoms with Crippen molar-refractivity contribution in [2.45, 2.75) is 38.8 Å². The van der Waals surface area contributed by atoms with Crippen LogP contribution in [0.25, 0.3) is 16.9 Å². The summed E-state index contributed by atoms with van der Waals surface area (Å²) in [5.74, 6) is 0.700. The first-order valence-electron chi connectivity index (χ1n) is 10.7. The predicted octanol–water partition coefficient (Wildman–Crippen LogP) is 4.61. The van der Waals surface area contributed by atoms with E-state index in [0.29, 0.717) is 29.0 Å². The topological polar surface area (TPSA) is 95.7 Å². The monoisotopic (exact) mass is 428 g/mol. The molecule has 1 aromatic carbocycles. The van der Waals surface area contributed by atoms with Crippen molar-refractivity contribution < 1.29 is 9.90 Å². The predicted molar refractivity (Wildman–Crippen MR) is 124 cm³/mol. The maximum Gasteiger partial charge on any atom is 0.335 e. The highest BCUT2D eigenvalue weighted by molar-refractivity contribution is 5.89. The van der Waals surface area contributed by atoms with Gasteiger partial charge < -0.3 is 15.3 Å². The van der Waals surface area contributed by atoms with E-state index in [2.05, 4.69) is 34.1 Å². The third-order valence-electron chi connectivity index (χ3n) is 5.98. The zero-order chi connectivity index (χ0) is 22.2. The summed E-state index contributed by atoms with van der Waals surface area (Å²) >= 11 is 0. The van der Waals surface area contributed by atoms with Crippen LogP contribution in [0.4, 0.5) is 17.3 Å². The summed E-state index contributed by atoms with van der Waals surface area (Å²) in [6, 6.07) is 15.5. The van der Waals surface area contributed by atoms with Gasteiger partial charge in [-0.05, 0) is 57.0 Å². The normalized spacial score (nSPS) is 18.2. The molecule has 1 aliphatic heterocycles. The lowest BCUT2D eigenvalue weighted by Crippen LogP contribution is -2.33. The van der Waals surface area contributed by atoms with Gasteiger partial charge >= 0.3 is 5.97 Å². The van der Waals surface area contributed by atoms with Gasteiger partial charge in [0.15, 0.2) is 5.65 Å². The maximum atomic E-state index is 11.4. The van der Waals surface area contributed by atoms with Crippen LogP contribution in [0, 0.1) is 0 Å². The minimum absolute atomic E-state index is 0.216. The number of anilines is 3. The first kappa shape index (κ1) is 20.0. The van der Waals surface area contributed by atoms with Gasteiger partial charge in [-0.3, -0.25) is 0 Å². The SMILES string of the molecule is CC1CCC(C)N1c1cccc(Nc2cc(-c3cccc(C(=O)O)c3)nn3ccnc23)n1. The fraction of sp³-hybridized carbons (Fsp3) is 0.250. The van der Waals surface area contributed by atoms with Crippen LogP contribution < -0.4 is 10.2 Å². The van der Waals surface area contributed by atoms with Crippen molar-refractivity contribution in [2.75, 3.05) is 10.2 Å². The Hall–Kier alpha value is -3.94. The molecule has 1 fully saturated rings. The molecule has 0 saturated carbocycles. The summed E-state index contributed by atoms with van der Waals surface area (Å²) in [5.41, 5.74) is 2.97. The number of fused-ring (bicyclic) bond motifs is 1. The van der Waals surface area contributed by atoms with E-state index in [1.807, 2.05) is 30.3 Å². The summed E-state index contributed by atoms with van der Waals surface area (Å²) in [4.78, 5) is 23.0. The Bertz CT molecular complexity index is 1290. The Morgan fingerprint density at radius 2 is 1.88 bits per heavy atom. The summed E-state index contributed by atoms with van der Waals surface area (Å²) in [7, 11) is 0. The molecule has 0 amide bonds. The Morgan fingerprint density at radius 1 is 1.09 bits per heavy atom. The molecule has 162 valence electrons. The van der Waals surface area contributed by atoms with Crippen LogP contribution in [0.3, 0.4) is 0 Å². The number of nitrogens with zero attached hydrogens (tertiary/aromatic N) is 5. The molecule has 0 radical (unpaired) electrons. The summed E-state index contributed by atoms with van der Waals surface area (Å²) in [6.07, 6.45) is 5.78. The van der Waals surface area contributed by atoms with Crippen LogP contribution in [0.15, 0.2) is 60.9 Å². The molecule has 4 heterocycles. The van der Waals surface area contributed by atoms with Gasteiger partial charge in [0.2, 0.25) is 0 Å². The molecule has 4 aromatic rings. The summed E-state index contributed by atoms with van der Waals surface area (Å²) < 4.78 is 1.68. The first-order valence-corrected chi connectivity index (χ1v) is 10.7. The maximum absolute atomic E-state index is 11.4. The van der Waals surface area contributed by atoms with Gasteiger partial charge in [0.25, 0.3) is 0 Å². The van der Waals surface area contributed by atoms with E-state index < -0.39 is 5.97 Å². The van der Waals surface area contributed by atoms with Crippen molar-refractivity contribution in [3.63, 3.8) is 0 Å². The molecule has 0 aliphatic carbocycles. The number of hydrogen-bond acceptors (Lipinski definition) is 6. The molecule has 3 aromatic heterocycles. The lowest BCUT2D eigenvalue weighted by Gasteiger charge is -2.27. The standard InChI is InChI=1S/C24H24N6O2/c1-15-9-10-16(2)30(15)22-8-4-7-21(27-22)26-20-14-19(28-29-12-11-25-23(20)29)17-5-3-6-18(13-17)24(31)32/h3-8,11-16H,9-10H2,1-2H3,(H,26,27)(H,31,32). The number of benzene rings is 1. The van der Waals surface area contributed by atoms with Crippen molar-refractivity contribution in [1.82, 2.24) is 19.6 Å². The Kier molecular flexibility index (Phi) is 4.97. The van der Waals surface area contributed by atoms with Crippen molar-refractivity contribution in [3.8, 4) is 11.3 Å². The van der Waals surface area contributed by atoms with Crippen LogP contribution >= 0.6 is 0 Å². The van der Waals surface area contributed by atoms with E-state index >= 15 is 0 Å². The number of nitrogens with one attached hydrogen (secondary N) is 1. The number of hydrogen-bond donors (Lipinski definition) is 2. The van der Waals surface area contributed by atoms with Gasteiger partial charge in [0, 0.05) is 30.0 Å². The van der Waals surface area contributed by atoms with E-state index in [-0.39, 0.29) is 5.56 Å². The molecule has 8 nitrogen and oxygen atoms in total. The summed E-state index contributed by atoms with van der Waals surface area (Å²) in [6.45, 7) is 4.47. The Balaban J connectivity index is 1.53. The van der Waals surface area contributed by atoms with Crippen molar-refractivity contribution >= 4 is 28.9 Å². The summed E-state index contributed by atoms with van der Waals surface area (Å²) in [5, 5.41) is 17.3. The van der Waals surface area contributed by atoms with Gasteiger partial charge in [0.05, 0.1) is 16.9 Å². The van der Waals surface area contributed by atoms with Gasteiger partial charge in [-0.25, -0.2) is 19.3 Å². The quantitative estimate of drug-likeness (QED) is 0.479. The minimum atomic E-state index is -0.972.